The Balaban J connectivity index is 1.15. The summed E-state index contributed by atoms with van der Waals surface area (Å²) in [6, 6.07) is 1.47. The number of rotatable bonds is 6. The molecule has 0 atom stereocenters. The fraction of sp³-hybridized carbons (Fsp3) is 0.667. The highest BCUT2D eigenvalue weighted by molar-refractivity contribution is 7.13. The van der Waals surface area contributed by atoms with Crippen LogP contribution in [0.25, 0.3) is 10.2 Å². The van der Waals surface area contributed by atoms with Crippen molar-refractivity contribution in [2.75, 3.05) is 50.2 Å². The van der Waals surface area contributed by atoms with E-state index in [0.717, 1.165) is 92.6 Å². The van der Waals surface area contributed by atoms with Crippen LogP contribution in [0.1, 0.15) is 50.3 Å². The van der Waals surface area contributed by atoms with Crippen molar-refractivity contribution < 1.29 is 9.47 Å². The lowest BCUT2D eigenvalue weighted by Crippen LogP contribution is -2.46. The van der Waals surface area contributed by atoms with Crippen LogP contribution in [0.2, 0.25) is 0 Å². The van der Waals surface area contributed by atoms with Crippen LogP contribution in [-0.4, -0.2) is 80.6 Å². The number of anilines is 3. The van der Waals surface area contributed by atoms with Crippen molar-refractivity contribution in [1.82, 2.24) is 29.0 Å². The lowest BCUT2D eigenvalue weighted by molar-refractivity contribution is 0.00791. The summed E-state index contributed by atoms with van der Waals surface area (Å²) in [7, 11) is 0. The molecule has 2 aliphatic heterocycles. The van der Waals surface area contributed by atoms with E-state index < -0.39 is 0 Å². The Bertz CT molecular complexity index is 1130. The highest BCUT2D eigenvalue weighted by Gasteiger charge is 2.28. The number of ether oxygens (including phenoxy) is 2. The molecule has 6 rings (SSSR count). The second-order valence-corrected chi connectivity index (χ2v) is 10.6. The minimum absolute atomic E-state index is 0.386. The molecule has 10 nitrogen and oxygen atoms in total. The standard InChI is InChI=1S/C24H34N8O2S/c1-16-21-22(26-17-2-4-19(5-3-17)31-8-12-34-13-9-31)28-24(29-23(21)35-30-16)27-18-14-25-32(15-18)20-6-10-33-11-7-20/h14-15,17,19-20H,2-13H2,1H3,(H2,26,27,28,29). The van der Waals surface area contributed by atoms with Crippen molar-refractivity contribution in [3.05, 3.63) is 18.1 Å². The summed E-state index contributed by atoms with van der Waals surface area (Å²) >= 11 is 1.43. The molecule has 0 bridgehead atoms. The molecule has 0 unspecified atom stereocenters. The third-order valence-electron chi connectivity index (χ3n) is 7.53. The summed E-state index contributed by atoms with van der Waals surface area (Å²) in [6.45, 7) is 7.48. The van der Waals surface area contributed by atoms with Gasteiger partial charge in [0.05, 0.1) is 42.2 Å². The second-order valence-electron chi connectivity index (χ2n) is 9.82. The first kappa shape index (κ1) is 23.1. The number of fused-ring (bicyclic) bond motifs is 1. The molecule has 1 aliphatic carbocycles. The van der Waals surface area contributed by atoms with Gasteiger partial charge in [0.2, 0.25) is 5.95 Å². The van der Waals surface area contributed by atoms with Crippen molar-refractivity contribution in [3.63, 3.8) is 0 Å². The molecular weight excluding hydrogens is 464 g/mol. The number of aryl methyl sites for hydroxylation is 1. The van der Waals surface area contributed by atoms with E-state index in [-0.39, 0.29) is 0 Å². The topological polar surface area (TPSA) is 102 Å². The van der Waals surface area contributed by atoms with Gasteiger partial charge in [-0.1, -0.05) is 0 Å². The Labute approximate surface area is 209 Å². The van der Waals surface area contributed by atoms with Gasteiger partial charge in [-0.3, -0.25) is 9.58 Å². The van der Waals surface area contributed by atoms with Crippen molar-refractivity contribution in [1.29, 1.82) is 0 Å². The zero-order valence-electron chi connectivity index (χ0n) is 20.3. The van der Waals surface area contributed by atoms with E-state index in [1.807, 2.05) is 24.0 Å². The maximum absolute atomic E-state index is 5.53. The van der Waals surface area contributed by atoms with Crippen LogP contribution in [0.15, 0.2) is 12.4 Å². The quantitative estimate of drug-likeness (QED) is 0.526. The Morgan fingerprint density at radius 3 is 2.51 bits per heavy atom. The number of nitrogens with one attached hydrogen (secondary N) is 2. The number of hydrogen-bond donors (Lipinski definition) is 2. The molecule has 5 heterocycles. The molecular formula is C24H34N8O2S. The van der Waals surface area contributed by atoms with Crippen LogP contribution < -0.4 is 10.6 Å². The second kappa shape index (κ2) is 10.3. The molecule has 11 heteroatoms. The molecule has 0 spiro atoms. The smallest absolute Gasteiger partial charge is 0.230 e. The fourth-order valence-electron chi connectivity index (χ4n) is 5.55. The fourth-order valence-corrected chi connectivity index (χ4v) is 6.33. The van der Waals surface area contributed by atoms with E-state index in [0.29, 0.717) is 24.1 Å². The van der Waals surface area contributed by atoms with Gasteiger partial charge in [-0.25, -0.2) is 0 Å². The zero-order chi connectivity index (χ0) is 23.6. The molecule has 0 aromatic carbocycles. The van der Waals surface area contributed by atoms with Gasteiger partial charge in [0.1, 0.15) is 5.82 Å². The Hall–Kier alpha value is -2.34. The average molecular weight is 499 g/mol. The predicted molar refractivity (Wildman–Crippen MR) is 137 cm³/mol. The largest absolute Gasteiger partial charge is 0.381 e. The van der Waals surface area contributed by atoms with Gasteiger partial charge < -0.3 is 20.1 Å². The number of nitrogens with zero attached hydrogens (tertiary/aromatic N) is 6. The number of hydrogen-bond acceptors (Lipinski definition) is 10. The van der Waals surface area contributed by atoms with Gasteiger partial charge in [-0.15, -0.1) is 0 Å². The first-order chi connectivity index (χ1) is 17.2. The lowest BCUT2D eigenvalue weighted by atomic mass is 9.90. The molecule has 2 saturated heterocycles. The molecule has 3 aliphatic rings. The van der Waals surface area contributed by atoms with E-state index >= 15 is 0 Å². The molecule has 2 N–H and O–H groups in total. The Morgan fingerprint density at radius 1 is 0.943 bits per heavy atom. The molecule has 3 aromatic rings. The van der Waals surface area contributed by atoms with E-state index in [1.165, 1.54) is 24.4 Å². The summed E-state index contributed by atoms with van der Waals surface area (Å²) in [5, 5.41) is 12.7. The SMILES string of the molecule is Cc1nsc2nc(Nc3cnn(C4CCOCC4)c3)nc(NC3CCC(N4CCOCC4)CC3)c12. The normalized spacial score (nSPS) is 24.6. The van der Waals surface area contributed by atoms with Gasteiger partial charge in [0.25, 0.3) is 0 Å². The van der Waals surface area contributed by atoms with Crippen molar-refractivity contribution in [3.8, 4) is 0 Å². The van der Waals surface area contributed by atoms with Gasteiger partial charge in [0, 0.05) is 44.6 Å². The van der Waals surface area contributed by atoms with Crippen LogP contribution in [0, 0.1) is 6.92 Å². The summed E-state index contributed by atoms with van der Waals surface area (Å²) in [4.78, 5) is 13.2. The highest BCUT2D eigenvalue weighted by atomic mass is 32.1. The summed E-state index contributed by atoms with van der Waals surface area (Å²) < 4.78 is 17.6. The third kappa shape index (κ3) is 5.13. The monoisotopic (exact) mass is 498 g/mol. The predicted octanol–water partition coefficient (Wildman–Crippen LogP) is 3.74. The summed E-state index contributed by atoms with van der Waals surface area (Å²) in [5.74, 6) is 1.47. The minimum atomic E-state index is 0.386. The summed E-state index contributed by atoms with van der Waals surface area (Å²) in [5.41, 5.74) is 1.88. The molecule has 1 saturated carbocycles. The van der Waals surface area contributed by atoms with Crippen molar-refractivity contribution in [2.24, 2.45) is 0 Å². The van der Waals surface area contributed by atoms with Crippen molar-refractivity contribution >= 4 is 39.2 Å². The van der Waals surface area contributed by atoms with E-state index in [4.69, 9.17) is 19.4 Å². The van der Waals surface area contributed by atoms with Gasteiger partial charge in [-0.05, 0) is 57.0 Å². The first-order valence-electron chi connectivity index (χ1n) is 12.8. The highest BCUT2D eigenvalue weighted by Crippen LogP contribution is 2.32. The van der Waals surface area contributed by atoms with Crippen LogP contribution in [0.4, 0.5) is 17.5 Å². The van der Waals surface area contributed by atoms with Crippen LogP contribution in [-0.2, 0) is 9.47 Å². The minimum Gasteiger partial charge on any atom is -0.381 e. The molecule has 188 valence electrons. The maximum Gasteiger partial charge on any atom is 0.230 e. The Kier molecular flexibility index (Phi) is 6.82. The van der Waals surface area contributed by atoms with E-state index in [2.05, 4.69) is 25.0 Å². The third-order valence-corrected chi connectivity index (χ3v) is 8.36. The Morgan fingerprint density at radius 2 is 1.71 bits per heavy atom. The molecule has 35 heavy (non-hydrogen) atoms. The number of morpholine rings is 1. The number of aromatic nitrogens is 5. The molecule has 3 aromatic heterocycles. The molecule has 0 amide bonds. The molecule has 3 fully saturated rings. The van der Waals surface area contributed by atoms with Crippen LogP contribution >= 0.6 is 11.5 Å². The van der Waals surface area contributed by atoms with Gasteiger partial charge >= 0.3 is 0 Å². The average Bonchev–Trinajstić information content (AvgIpc) is 3.52. The van der Waals surface area contributed by atoms with Crippen LogP contribution in [0.5, 0.6) is 0 Å². The van der Waals surface area contributed by atoms with Crippen molar-refractivity contribution in [2.45, 2.75) is 63.6 Å². The first-order valence-corrected chi connectivity index (χ1v) is 13.6. The van der Waals surface area contributed by atoms with Gasteiger partial charge in [-0.2, -0.15) is 19.4 Å². The maximum atomic E-state index is 5.53. The molecule has 0 radical (unpaired) electrons. The summed E-state index contributed by atoms with van der Waals surface area (Å²) in [6.07, 6.45) is 10.6. The lowest BCUT2D eigenvalue weighted by Gasteiger charge is -2.39. The van der Waals surface area contributed by atoms with Crippen LogP contribution in [0.3, 0.4) is 0 Å². The van der Waals surface area contributed by atoms with Gasteiger partial charge in [0.15, 0.2) is 4.83 Å². The van der Waals surface area contributed by atoms with E-state index in [9.17, 15) is 0 Å². The zero-order valence-corrected chi connectivity index (χ0v) is 21.1. The van der Waals surface area contributed by atoms with E-state index in [1.54, 1.807) is 0 Å².